The Morgan fingerprint density at radius 3 is 2.19 bits per heavy atom. The van der Waals surface area contributed by atoms with Crippen molar-refractivity contribution >= 4 is 17.5 Å². The Morgan fingerprint density at radius 1 is 1.19 bits per heavy atom. The number of carbonyl (C=O) groups excluding carboxylic acids is 2. The summed E-state index contributed by atoms with van der Waals surface area (Å²) in [6.45, 7) is 5.84. The molecule has 4 heteroatoms. The van der Waals surface area contributed by atoms with Gasteiger partial charge in [0.15, 0.2) is 0 Å². The summed E-state index contributed by atoms with van der Waals surface area (Å²) in [4.78, 5) is 25.6. The van der Waals surface area contributed by atoms with Crippen molar-refractivity contribution in [2.75, 3.05) is 11.9 Å². The van der Waals surface area contributed by atoms with E-state index >= 15 is 0 Å². The molecule has 4 nitrogen and oxygen atoms in total. The number of aryl methyl sites for hydroxylation is 2. The number of para-hydroxylation sites is 1. The predicted octanol–water partition coefficient (Wildman–Crippen LogP) is 2.76. The molecule has 1 aromatic rings. The Labute approximate surface area is 126 Å². The molecule has 0 spiro atoms. The Morgan fingerprint density at radius 2 is 1.76 bits per heavy atom. The number of amides is 2. The number of benzene rings is 1. The van der Waals surface area contributed by atoms with Gasteiger partial charge in [-0.3, -0.25) is 9.59 Å². The number of nitrogens with zero attached hydrogens (tertiary/aromatic N) is 1. The summed E-state index contributed by atoms with van der Waals surface area (Å²) in [5.41, 5.74) is 3.21. The Kier molecular flexibility index (Phi) is 4.99. The van der Waals surface area contributed by atoms with Crippen molar-refractivity contribution < 1.29 is 9.59 Å². The molecule has 1 fully saturated rings. The third-order valence-electron chi connectivity index (χ3n) is 3.97. The molecule has 0 atom stereocenters. The van der Waals surface area contributed by atoms with E-state index in [9.17, 15) is 9.59 Å². The highest BCUT2D eigenvalue weighted by Gasteiger charge is 2.32. The van der Waals surface area contributed by atoms with Crippen LogP contribution in [0.5, 0.6) is 0 Å². The molecule has 2 amide bonds. The lowest BCUT2D eigenvalue weighted by Crippen LogP contribution is -2.38. The smallest absolute Gasteiger partial charge is 0.244 e. The molecule has 1 aliphatic carbocycles. The van der Waals surface area contributed by atoms with Crippen molar-refractivity contribution in [3.05, 3.63) is 29.3 Å². The molecule has 0 saturated heterocycles. The van der Waals surface area contributed by atoms with Gasteiger partial charge in [-0.05, 0) is 36.8 Å². The zero-order valence-electron chi connectivity index (χ0n) is 13.1. The molecular formula is C17H24N2O2. The number of hydrogen-bond acceptors (Lipinski definition) is 2. The van der Waals surface area contributed by atoms with Gasteiger partial charge in [-0.15, -0.1) is 0 Å². The summed E-state index contributed by atoms with van der Waals surface area (Å²) in [6, 6.07) is 6.37. The van der Waals surface area contributed by atoms with Gasteiger partial charge in [-0.25, -0.2) is 0 Å². The summed E-state index contributed by atoms with van der Waals surface area (Å²) in [5.74, 6) is -0.125. The summed E-state index contributed by atoms with van der Waals surface area (Å²) in [5, 5.41) is 3.02. The van der Waals surface area contributed by atoms with Gasteiger partial charge in [0.1, 0.15) is 6.54 Å². The second-order valence-corrected chi connectivity index (χ2v) is 5.58. The average molecular weight is 288 g/mol. The first-order chi connectivity index (χ1) is 10.1. The van der Waals surface area contributed by atoms with Gasteiger partial charge in [0.05, 0.1) is 0 Å². The number of anilines is 1. The first-order valence-corrected chi connectivity index (χ1v) is 7.74. The van der Waals surface area contributed by atoms with E-state index in [-0.39, 0.29) is 24.4 Å². The van der Waals surface area contributed by atoms with Crippen LogP contribution in [0.2, 0.25) is 0 Å². The molecule has 0 unspecified atom stereocenters. The lowest BCUT2D eigenvalue weighted by atomic mass is 10.0. The molecule has 21 heavy (non-hydrogen) atoms. The van der Waals surface area contributed by atoms with Crippen LogP contribution in [0.4, 0.5) is 5.69 Å². The van der Waals surface area contributed by atoms with Crippen LogP contribution in [0.15, 0.2) is 18.2 Å². The van der Waals surface area contributed by atoms with Gasteiger partial charge in [0, 0.05) is 18.7 Å². The molecule has 1 saturated carbocycles. The lowest BCUT2D eigenvalue weighted by molar-refractivity contribution is -0.133. The SMILES string of the molecule is CCc1cccc(CC)c1NC(=O)CN(C(C)=O)C1CC1. The van der Waals surface area contributed by atoms with E-state index in [1.54, 1.807) is 4.90 Å². The van der Waals surface area contributed by atoms with Gasteiger partial charge in [0.25, 0.3) is 0 Å². The van der Waals surface area contributed by atoms with Crippen LogP contribution >= 0.6 is 0 Å². The molecule has 0 radical (unpaired) electrons. The Bertz CT molecular complexity index is 513. The van der Waals surface area contributed by atoms with E-state index in [0.29, 0.717) is 0 Å². The topological polar surface area (TPSA) is 49.4 Å². The summed E-state index contributed by atoms with van der Waals surface area (Å²) in [7, 11) is 0. The van der Waals surface area contributed by atoms with Crippen molar-refractivity contribution in [2.24, 2.45) is 0 Å². The number of hydrogen-bond donors (Lipinski definition) is 1. The maximum atomic E-state index is 12.3. The molecule has 0 aromatic heterocycles. The van der Waals surface area contributed by atoms with Crippen molar-refractivity contribution in [1.82, 2.24) is 4.90 Å². The van der Waals surface area contributed by atoms with E-state index in [1.807, 2.05) is 18.2 Å². The van der Waals surface area contributed by atoms with Crippen LogP contribution in [-0.2, 0) is 22.4 Å². The van der Waals surface area contributed by atoms with E-state index in [1.165, 1.54) is 6.92 Å². The zero-order chi connectivity index (χ0) is 15.4. The zero-order valence-corrected chi connectivity index (χ0v) is 13.1. The molecule has 1 aliphatic rings. The maximum Gasteiger partial charge on any atom is 0.244 e. The highest BCUT2D eigenvalue weighted by atomic mass is 16.2. The molecule has 2 rings (SSSR count). The predicted molar refractivity (Wildman–Crippen MR) is 84.2 cm³/mol. The summed E-state index contributed by atoms with van der Waals surface area (Å²) in [6.07, 6.45) is 3.78. The van der Waals surface area contributed by atoms with Gasteiger partial charge in [-0.2, -0.15) is 0 Å². The lowest BCUT2D eigenvalue weighted by Gasteiger charge is -2.21. The van der Waals surface area contributed by atoms with Gasteiger partial charge in [-0.1, -0.05) is 32.0 Å². The molecular weight excluding hydrogens is 264 g/mol. The van der Waals surface area contributed by atoms with Gasteiger partial charge >= 0.3 is 0 Å². The molecule has 0 heterocycles. The fraction of sp³-hybridized carbons (Fsp3) is 0.529. The third-order valence-corrected chi connectivity index (χ3v) is 3.97. The van der Waals surface area contributed by atoms with Crippen LogP contribution in [0, 0.1) is 0 Å². The maximum absolute atomic E-state index is 12.3. The van der Waals surface area contributed by atoms with Crippen molar-refractivity contribution in [1.29, 1.82) is 0 Å². The van der Waals surface area contributed by atoms with Crippen LogP contribution < -0.4 is 5.32 Å². The van der Waals surface area contributed by atoms with Gasteiger partial charge in [0.2, 0.25) is 11.8 Å². The quantitative estimate of drug-likeness (QED) is 0.875. The highest BCUT2D eigenvalue weighted by molar-refractivity contribution is 5.95. The minimum absolute atomic E-state index is 0.0212. The summed E-state index contributed by atoms with van der Waals surface area (Å²) >= 11 is 0. The number of carbonyl (C=O) groups is 2. The van der Waals surface area contributed by atoms with Crippen molar-refractivity contribution in [3.63, 3.8) is 0 Å². The standard InChI is InChI=1S/C17H24N2O2/c1-4-13-7-6-8-14(5-2)17(13)18-16(21)11-19(12(3)20)15-9-10-15/h6-8,15H,4-5,9-11H2,1-3H3,(H,18,21). The molecule has 0 aliphatic heterocycles. The minimum Gasteiger partial charge on any atom is -0.331 e. The first kappa shape index (κ1) is 15.5. The van der Waals surface area contributed by atoms with Crippen LogP contribution in [0.3, 0.4) is 0 Å². The number of nitrogens with one attached hydrogen (secondary N) is 1. The van der Waals surface area contributed by atoms with Crippen LogP contribution in [-0.4, -0.2) is 29.3 Å². The van der Waals surface area contributed by atoms with Crippen LogP contribution in [0.1, 0.15) is 44.7 Å². The molecule has 0 bridgehead atoms. The van der Waals surface area contributed by atoms with E-state index in [4.69, 9.17) is 0 Å². The van der Waals surface area contributed by atoms with Gasteiger partial charge < -0.3 is 10.2 Å². The fourth-order valence-corrected chi connectivity index (χ4v) is 2.62. The van der Waals surface area contributed by atoms with E-state index < -0.39 is 0 Å². The monoisotopic (exact) mass is 288 g/mol. The molecule has 1 N–H and O–H groups in total. The van der Waals surface area contributed by atoms with Crippen molar-refractivity contribution in [3.8, 4) is 0 Å². The van der Waals surface area contributed by atoms with Crippen LogP contribution in [0.25, 0.3) is 0 Å². The normalized spacial score (nSPS) is 13.9. The number of rotatable bonds is 6. The second-order valence-electron chi connectivity index (χ2n) is 5.58. The van der Waals surface area contributed by atoms with Crippen molar-refractivity contribution in [2.45, 2.75) is 52.5 Å². The average Bonchev–Trinajstić information content (AvgIpc) is 3.29. The highest BCUT2D eigenvalue weighted by Crippen LogP contribution is 2.27. The molecule has 1 aromatic carbocycles. The fourth-order valence-electron chi connectivity index (χ4n) is 2.62. The summed E-state index contributed by atoms with van der Waals surface area (Å²) < 4.78 is 0. The van der Waals surface area contributed by atoms with E-state index in [2.05, 4.69) is 19.2 Å². The minimum atomic E-state index is -0.104. The third kappa shape index (κ3) is 3.84. The Balaban J connectivity index is 2.10. The first-order valence-electron chi connectivity index (χ1n) is 7.74. The second kappa shape index (κ2) is 6.74. The molecule has 114 valence electrons. The van der Waals surface area contributed by atoms with E-state index in [0.717, 1.165) is 42.5 Å². The largest absolute Gasteiger partial charge is 0.331 e. The Hall–Kier alpha value is -1.84.